The van der Waals surface area contributed by atoms with Crippen molar-refractivity contribution in [1.29, 1.82) is 0 Å². The van der Waals surface area contributed by atoms with Gasteiger partial charge in [0.2, 0.25) is 0 Å². The average Bonchev–Trinajstić information content (AvgIpc) is 3.25. The van der Waals surface area contributed by atoms with Crippen molar-refractivity contribution in [3.8, 4) is 17.2 Å². The fourth-order valence-electron chi connectivity index (χ4n) is 3.34. The highest BCUT2D eigenvalue weighted by Crippen LogP contribution is 2.32. The van der Waals surface area contributed by atoms with Gasteiger partial charge in [-0.3, -0.25) is 5.32 Å². The SMILES string of the molecule is CSc1cc(Oc2ccnc(N)c2)ccc1NC(=O)Nc1cc(C(C)(C)C)nn1-c1ccccc1.Cl. The normalized spacial score (nSPS) is 10.9. The molecule has 0 saturated carbocycles. The second-order valence-electron chi connectivity index (χ2n) is 8.87. The minimum absolute atomic E-state index is 0. The molecule has 0 unspecified atom stereocenters. The lowest BCUT2D eigenvalue weighted by Gasteiger charge is -2.14. The Morgan fingerprint density at radius 2 is 1.72 bits per heavy atom. The van der Waals surface area contributed by atoms with Crippen LogP contribution in [0.5, 0.6) is 11.5 Å². The Balaban J connectivity index is 0.00000361. The van der Waals surface area contributed by atoms with Crippen molar-refractivity contribution in [1.82, 2.24) is 14.8 Å². The molecule has 0 spiro atoms. The van der Waals surface area contributed by atoms with Crippen molar-refractivity contribution >= 4 is 47.5 Å². The summed E-state index contributed by atoms with van der Waals surface area (Å²) in [4.78, 5) is 17.8. The fraction of sp³-hybridized carbons (Fsp3) is 0.192. The Hall–Kier alpha value is -3.69. The van der Waals surface area contributed by atoms with E-state index in [9.17, 15) is 4.79 Å². The first-order chi connectivity index (χ1) is 16.7. The van der Waals surface area contributed by atoms with Gasteiger partial charge < -0.3 is 15.8 Å². The van der Waals surface area contributed by atoms with Crippen LogP contribution >= 0.6 is 24.2 Å². The number of amides is 2. The second kappa shape index (κ2) is 11.4. The number of benzene rings is 2. The summed E-state index contributed by atoms with van der Waals surface area (Å²) in [6.45, 7) is 6.26. The van der Waals surface area contributed by atoms with Crippen LogP contribution in [0.25, 0.3) is 5.69 Å². The summed E-state index contributed by atoms with van der Waals surface area (Å²) in [5, 5.41) is 10.6. The molecule has 2 aromatic carbocycles. The monoisotopic (exact) mass is 524 g/mol. The highest BCUT2D eigenvalue weighted by atomic mass is 35.5. The summed E-state index contributed by atoms with van der Waals surface area (Å²) >= 11 is 1.50. The van der Waals surface area contributed by atoms with E-state index >= 15 is 0 Å². The first kappa shape index (κ1) is 26.9. The highest BCUT2D eigenvalue weighted by Gasteiger charge is 2.21. The molecule has 2 amide bonds. The topological polar surface area (TPSA) is 107 Å². The Kier molecular flexibility index (Phi) is 8.49. The van der Waals surface area contributed by atoms with E-state index in [1.54, 1.807) is 35.1 Å². The van der Waals surface area contributed by atoms with Crippen molar-refractivity contribution in [2.45, 2.75) is 31.1 Å². The van der Waals surface area contributed by atoms with E-state index in [0.29, 0.717) is 28.8 Å². The third-order valence-electron chi connectivity index (χ3n) is 5.13. The molecule has 0 radical (unpaired) electrons. The van der Waals surface area contributed by atoms with Crippen LogP contribution in [0.3, 0.4) is 0 Å². The number of anilines is 3. The van der Waals surface area contributed by atoms with Gasteiger partial charge in [0.25, 0.3) is 0 Å². The Morgan fingerprint density at radius 3 is 2.39 bits per heavy atom. The minimum atomic E-state index is -0.367. The van der Waals surface area contributed by atoms with Gasteiger partial charge in [-0.1, -0.05) is 39.0 Å². The largest absolute Gasteiger partial charge is 0.457 e. The van der Waals surface area contributed by atoms with E-state index in [2.05, 4.69) is 36.4 Å². The van der Waals surface area contributed by atoms with Crippen LogP contribution in [0.15, 0.2) is 77.8 Å². The Labute approximate surface area is 221 Å². The number of hydrogen-bond donors (Lipinski definition) is 3. The number of nitrogen functional groups attached to an aromatic ring is 1. The lowest BCUT2D eigenvalue weighted by Crippen LogP contribution is -2.21. The van der Waals surface area contributed by atoms with Crippen molar-refractivity contribution in [2.24, 2.45) is 0 Å². The quantitative estimate of drug-likeness (QED) is 0.241. The number of nitrogens with zero attached hydrogens (tertiary/aromatic N) is 3. The molecule has 36 heavy (non-hydrogen) atoms. The van der Waals surface area contributed by atoms with E-state index in [1.807, 2.05) is 48.7 Å². The summed E-state index contributed by atoms with van der Waals surface area (Å²) in [5.74, 6) is 2.18. The van der Waals surface area contributed by atoms with Crippen LogP contribution in [-0.4, -0.2) is 27.1 Å². The zero-order valence-corrected chi connectivity index (χ0v) is 22.1. The third kappa shape index (κ3) is 6.50. The number of ether oxygens (including phenoxy) is 1. The zero-order chi connectivity index (χ0) is 25.0. The van der Waals surface area contributed by atoms with Gasteiger partial charge in [0.15, 0.2) is 0 Å². The molecule has 4 N–H and O–H groups in total. The molecule has 0 saturated heterocycles. The van der Waals surface area contributed by atoms with Gasteiger partial charge in [-0.15, -0.1) is 24.2 Å². The molecule has 10 heteroatoms. The summed E-state index contributed by atoms with van der Waals surface area (Å²) in [6.07, 6.45) is 3.53. The van der Waals surface area contributed by atoms with Gasteiger partial charge in [-0.25, -0.2) is 14.5 Å². The summed E-state index contributed by atoms with van der Waals surface area (Å²) in [5.41, 5.74) is 7.96. The molecule has 0 fully saturated rings. The van der Waals surface area contributed by atoms with E-state index < -0.39 is 0 Å². The van der Waals surface area contributed by atoms with Crippen LogP contribution < -0.4 is 21.1 Å². The maximum atomic E-state index is 13.0. The lowest BCUT2D eigenvalue weighted by molar-refractivity contribution is 0.262. The van der Waals surface area contributed by atoms with E-state index in [4.69, 9.17) is 15.6 Å². The number of para-hydroxylation sites is 1. The van der Waals surface area contributed by atoms with Crippen LogP contribution in [0.2, 0.25) is 0 Å². The van der Waals surface area contributed by atoms with Crippen molar-refractivity contribution in [2.75, 3.05) is 22.6 Å². The standard InChI is InChI=1S/C26H28N6O2S.ClH/c1-26(2,3)22-16-24(32(31-22)17-8-6-5-7-9-17)30-25(33)29-20-11-10-18(14-21(20)35-4)34-19-12-13-28-23(27)15-19;/h5-16H,1-4H3,(H2,27,28)(H2,29,30,33);1H. The van der Waals surface area contributed by atoms with Crippen LogP contribution in [0.4, 0.5) is 22.1 Å². The van der Waals surface area contributed by atoms with Crippen molar-refractivity contribution < 1.29 is 9.53 Å². The molecule has 4 rings (SSSR count). The molecule has 0 aliphatic rings. The second-order valence-corrected chi connectivity index (χ2v) is 9.72. The Morgan fingerprint density at radius 1 is 1.00 bits per heavy atom. The Bertz CT molecular complexity index is 1340. The van der Waals surface area contributed by atoms with Crippen LogP contribution in [-0.2, 0) is 5.41 Å². The molecule has 0 aliphatic carbocycles. The number of nitrogens with one attached hydrogen (secondary N) is 2. The number of halogens is 1. The van der Waals surface area contributed by atoms with Crippen molar-refractivity contribution in [3.63, 3.8) is 0 Å². The highest BCUT2D eigenvalue weighted by molar-refractivity contribution is 7.98. The molecule has 2 aromatic heterocycles. The third-order valence-corrected chi connectivity index (χ3v) is 5.91. The number of carbonyl (C=O) groups is 1. The first-order valence-corrected chi connectivity index (χ1v) is 12.3. The van der Waals surface area contributed by atoms with Crippen LogP contribution in [0, 0.1) is 0 Å². The first-order valence-electron chi connectivity index (χ1n) is 11.0. The predicted octanol–water partition coefficient (Wildman–Crippen LogP) is 6.73. The molecular formula is C26H29ClN6O2S. The predicted molar refractivity (Wildman–Crippen MR) is 149 cm³/mol. The van der Waals surface area contributed by atoms with E-state index in [-0.39, 0.29) is 23.9 Å². The fourth-order valence-corrected chi connectivity index (χ4v) is 3.91. The minimum Gasteiger partial charge on any atom is -0.457 e. The number of urea groups is 1. The molecule has 0 aliphatic heterocycles. The van der Waals surface area contributed by atoms with E-state index in [1.165, 1.54) is 11.8 Å². The molecule has 8 nitrogen and oxygen atoms in total. The number of pyridine rings is 1. The van der Waals surface area contributed by atoms with Gasteiger partial charge in [0.05, 0.1) is 17.1 Å². The number of rotatable bonds is 6. The van der Waals surface area contributed by atoms with Gasteiger partial charge >= 0.3 is 6.03 Å². The number of thioether (sulfide) groups is 1. The summed E-state index contributed by atoms with van der Waals surface area (Å²) < 4.78 is 7.63. The van der Waals surface area contributed by atoms with Gasteiger partial charge in [-0.05, 0) is 42.7 Å². The van der Waals surface area contributed by atoms with Gasteiger partial charge in [0, 0.05) is 28.6 Å². The number of carbonyl (C=O) groups excluding carboxylic acids is 1. The zero-order valence-electron chi connectivity index (χ0n) is 20.5. The smallest absolute Gasteiger partial charge is 0.324 e. The molecule has 2 heterocycles. The molecular weight excluding hydrogens is 496 g/mol. The summed E-state index contributed by atoms with van der Waals surface area (Å²) in [7, 11) is 0. The molecule has 4 aromatic rings. The van der Waals surface area contributed by atoms with E-state index in [0.717, 1.165) is 16.3 Å². The lowest BCUT2D eigenvalue weighted by atomic mass is 9.92. The molecule has 0 atom stereocenters. The van der Waals surface area contributed by atoms with Gasteiger partial charge in [0.1, 0.15) is 23.1 Å². The van der Waals surface area contributed by atoms with Gasteiger partial charge in [-0.2, -0.15) is 5.10 Å². The number of aromatic nitrogens is 3. The summed E-state index contributed by atoms with van der Waals surface area (Å²) in [6, 6.07) is 20.1. The maximum Gasteiger partial charge on any atom is 0.324 e. The maximum absolute atomic E-state index is 13.0. The van der Waals surface area contributed by atoms with Crippen LogP contribution in [0.1, 0.15) is 26.5 Å². The molecule has 0 bridgehead atoms. The number of hydrogen-bond acceptors (Lipinski definition) is 6. The van der Waals surface area contributed by atoms with Crippen molar-refractivity contribution in [3.05, 3.63) is 78.6 Å². The number of nitrogens with two attached hydrogens (primary N) is 1. The average molecular weight is 525 g/mol. The molecule has 188 valence electrons.